The number of nitrogens with zero attached hydrogens (tertiary/aromatic N) is 1. The molecule has 0 aliphatic rings. The first-order valence-electron chi connectivity index (χ1n) is 4.03. The lowest BCUT2D eigenvalue weighted by atomic mass is 10.0. The highest BCUT2D eigenvalue weighted by Gasteiger charge is 2.11. The summed E-state index contributed by atoms with van der Waals surface area (Å²) in [5.41, 5.74) is 1.38. The maximum Gasteiger partial charge on any atom is 0.144 e. The van der Waals surface area contributed by atoms with Gasteiger partial charge in [-0.05, 0) is 24.6 Å². The van der Waals surface area contributed by atoms with E-state index in [1.54, 1.807) is 6.92 Å². The molecule has 0 amide bonds. The third kappa shape index (κ3) is 1.74. The molecule has 0 aliphatic heterocycles. The van der Waals surface area contributed by atoms with Crippen molar-refractivity contribution >= 4 is 5.57 Å². The minimum Gasteiger partial charge on any atom is -0.495 e. The van der Waals surface area contributed by atoms with Gasteiger partial charge in [0.25, 0.3) is 0 Å². The molecule has 0 atom stereocenters. The first-order chi connectivity index (χ1) is 6.60. The van der Waals surface area contributed by atoms with E-state index in [1.807, 2.05) is 6.07 Å². The van der Waals surface area contributed by atoms with Crippen molar-refractivity contribution in [2.45, 2.75) is 6.92 Å². The second-order valence-electron chi connectivity index (χ2n) is 2.93. The molecular weight excluding hydrogens is 181 g/mol. The summed E-state index contributed by atoms with van der Waals surface area (Å²) in [6, 6.07) is 4.33. The summed E-state index contributed by atoms with van der Waals surface area (Å²) >= 11 is 0. The average molecular weight is 191 g/mol. The largest absolute Gasteiger partial charge is 0.495 e. The number of hydrogen-bond donors (Lipinski definition) is 0. The summed E-state index contributed by atoms with van der Waals surface area (Å²) in [4.78, 5) is 0. The van der Waals surface area contributed by atoms with E-state index in [2.05, 4.69) is 6.58 Å². The molecule has 1 aromatic rings. The first kappa shape index (κ1) is 10.3. The zero-order valence-electron chi connectivity index (χ0n) is 8.10. The van der Waals surface area contributed by atoms with Gasteiger partial charge in [0.05, 0.1) is 12.7 Å². The fraction of sp³-hybridized carbons (Fsp3) is 0.182. The van der Waals surface area contributed by atoms with E-state index in [1.165, 1.54) is 13.2 Å². The highest BCUT2D eigenvalue weighted by molar-refractivity contribution is 5.70. The van der Waals surface area contributed by atoms with Gasteiger partial charge in [-0.25, -0.2) is 4.39 Å². The number of hydrogen-bond acceptors (Lipinski definition) is 2. The van der Waals surface area contributed by atoms with Crippen LogP contribution in [0.25, 0.3) is 5.57 Å². The van der Waals surface area contributed by atoms with Crippen LogP contribution in [0.15, 0.2) is 18.7 Å². The number of ether oxygens (including phenoxy) is 1. The average Bonchev–Trinajstić information content (AvgIpc) is 2.16. The van der Waals surface area contributed by atoms with Gasteiger partial charge in [0.15, 0.2) is 0 Å². The molecule has 0 unspecified atom stereocenters. The lowest BCUT2D eigenvalue weighted by molar-refractivity contribution is 0.411. The molecular formula is C11H10FNO. The van der Waals surface area contributed by atoms with Crippen molar-refractivity contribution in [3.05, 3.63) is 35.7 Å². The first-order valence-corrected chi connectivity index (χ1v) is 4.03. The second kappa shape index (κ2) is 3.93. The third-order valence-corrected chi connectivity index (χ3v) is 1.84. The quantitative estimate of drug-likeness (QED) is 0.720. The van der Waals surface area contributed by atoms with Crippen molar-refractivity contribution < 1.29 is 9.13 Å². The van der Waals surface area contributed by atoms with Gasteiger partial charge >= 0.3 is 0 Å². The molecule has 0 spiro atoms. The zero-order valence-corrected chi connectivity index (χ0v) is 8.10. The van der Waals surface area contributed by atoms with Crippen LogP contribution in [0.4, 0.5) is 4.39 Å². The van der Waals surface area contributed by atoms with Gasteiger partial charge in [-0.3, -0.25) is 0 Å². The molecule has 0 bridgehead atoms. The highest BCUT2D eigenvalue weighted by atomic mass is 19.1. The maximum atomic E-state index is 13.0. The molecule has 0 fully saturated rings. The molecule has 1 rings (SSSR count). The van der Waals surface area contributed by atoms with Crippen molar-refractivity contribution in [3.8, 4) is 11.8 Å². The number of halogens is 1. The van der Waals surface area contributed by atoms with E-state index in [0.29, 0.717) is 16.9 Å². The summed E-state index contributed by atoms with van der Waals surface area (Å²) in [5, 5.41) is 8.75. The van der Waals surface area contributed by atoms with Crippen molar-refractivity contribution in [3.63, 3.8) is 0 Å². The SMILES string of the molecule is C=C(C)c1cc(F)cc(C#N)c1OC. The van der Waals surface area contributed by atoms with E-state index in [-0.39, 0.29) is 5.56 Å². The van der Waals surface area contributed by atoms with Crippen LogP contribution < -0.4 is 4.74 Å². The predicted molar refractivity (Wildman–Crippen MR) is 52.4 cm³/mol. The summed E-state index contributed by atoms with van der Waals surface area (Å²) < 4.78 is 18.1. The number of methoxy groups -OCH3 is 1. The molecule has 3 heteroatoms. The smallest absolute Gasteiger partial charge is 0.144 e. The number of nitriles is 1. The number of benzene rings is 1. The topological polar surface area (TPSA) is 33.0 Å². The van der Waals surface area contributed by atoms with Crippen molar-refractivity contribution in [1.82, 2.24) is 0 Å². The predicted octanol–water partition coefficient (Wildman–Crippen LogP) is 2.74. The van der Waals surface area contributed by atoms with E-state index in [9.17, 15) is 4.39 Å². The molecule has 2 nitrogen and oxygen atoms in total. The molecule has 0 aliphatic carbocycles. The van der Waals surface area contributed by atoms with Gasteiger partial charge in [0.2, 0.25) is 0 Å². The zero-order chi connectivity index (χ0) is 10.7. The molecule has 0 radical (unpaired) electrons. The summed E-state index contributed by atoms with van der Waals surface area (Å²) in [6.07, 6.45) is 0. The molecule has 0 N–H and O–H groups in total. The minimum absolute atomic E-state index is 0.186. The van der Waals surface area contributed by atoms with E-state index in [4.69, 9.17) is 10.00 Å². The Labute approximate surface area is 82.2 Å². The molecule has 1 aromatic carbocycles. The Bertz CT molecular complexity index is 418. The fourth-order valence-corrected chi connectivity index (χ4v) is 1.21. The van der Waals surface area contributed by atoms with Gasteiger partial charge < -0.3 is 4.74 Å². The third-order valence-electron chi connectivity index (χ3n) is 1.84. The van der Waals surface area contributed by atoms with E-state index >= 15 is 0 Å². The molecule has 0 saturated carbocycles. The van der Waals surface area contributed by atoms with Gasteiger partial charge in [0.1, 0.15) is 17.6 Å². The molecule has 0 heterocycles. The Morgan fingerprint density at radius 2 is 2.21 bits per heavy atom. The lowest BCUT2D eigenvalue weighted by Crippen LogP contribution is -1.95. The Morgan fingerprint density at radius 1 is 1.57 bits per heavy atom. The van der Waals surface area contributed by atoms with E-state index < -0.39 is 5.82 Å². The van der Waals surface area contributed by atoms with Crippen LogP contribution >= 0.6 is 0 Å². The second-order valence-corrected chi connectivity index (χ2v) is 2.93. The van der Waals surface area contributed by atoms with Crippen molar-refractivity contribution in [2.75, 3.05) is 7.11 Å². The van der Waals surface area contributed by atoms with Gasteiger partial charge in [-0.1, -0.05) is 6.58 Å². The van der Waals surface area contributed by atoms with Gasteiger partial charge in [0, 0.05) is 5.56 Å². The maximum absolute atomic E-state index is 13.0. The number of allylic oxidation sites excluding steroid dienone is 1. The Morgan fingerprint density at radius 3 is 2.64 bits per heavy atom. The highest BCUT2D eigenvalue weighted by Crippen LogP contribution is 2.29. The van der Waals surface area contributed by atoms with Crippen LogP contribution in [0.1, 0.15) is 18.1 Å². The lowest BCUT2D eigenvalue weighted by Gasteiger charge is -2.09. The summed E-state index contributed by atoms with van der Waals surface area (Å²) in [7, 11) is 1.44. The van der Waals surface area contributed by atoms with Crippen LogP contribution in [-0.2, 0) is 0 Å². The van der Waals surface area contributed by atoms with Crippen LogP contribution in [0.2, 0.25) is 0 Å². The summed E-state index contributed by atoms with van der Waals surface area (Å²) in [5.74, 6) is -0.0817. The minimum atomic E-state index is -0.458. The normalized spacial score (nSPS) is 9.29. The van der Waals surface area contributed by atoms with Gasteiger partial charge in [-0.15, -0.1) is 0 Å². The molecule has 72 valence electrons. The fourth-order valence-electron chi connectivity index (χ4n) is 1.21. The Kier molecular flexibility index (Phi) is 2.88. The monoisotopic (exact) mass is 191 g/mol. The van der Waals surface area contributed by atoms with Crippen LogP contribution in [0.3, 0.4) is 0 Å². The Hall–Kier alpha value is -1.82. The molecule has 0 saturated heterocycles. The molecule has 14 heavy (non-hydrogen) atoms. The molecule has 0 aromatic heterocycles. The van der Waals surface area contributed by atoms with Crippen LogP contribution in [-0.4, -0.2) is 7.11 Å². The van der Waals surface area contributed by atoms with Crippen LogP contribution in [0.5, 0.6) is 5.75 Å². The van der Waals surface area contributed by atoms with Crippen molar-refractivity contribution in [1.29, 1.82) is 5.26 Å². The van der Waals surface area contributed by atoms with Gasteiger partial charge in [-0.2, -0.15) is 5.26 Å². The summed E-state index contributed by atoms with van der Waals surface area (Å²) in [6.45, 7) is 5.43. The standard InChI is InChI=1S/C11H10FNO/c1-7(2)10-5-9(12)4-8(6-13)11(10)14-3/h4-5H,1H2,2-3H3. The van der Waals surface area contributed by atoms with Crippen LogP contribution in [0, 0.1) is 17.1 Å². The van der Waals surface area contributed by atoms with E-state index in [0.717, 1.165) is 6.07 Å². The Balaban J connectivity index is 3.49. The van der Waals surface area contributed by atoms with Crippen molar-refractivity contribution in [2.24, 2.45) is 0 Å². The number of rotatable bonds is 2.